The first-order chi connectivity index (χ1) is 15.8. The van der Waals surface area contributed by atoms with Crippen molar-refractivity contribution >= 4 is 0 Å². The van der Waals surface area contributed by atoms with Crippen LogP contribution in [0, 0.1) is 6.92 Å². The molecule has 0 bridgehead atoms. The van der Waals surface area contributed by atoms with Gasteiger partial charge in [0.25, 0.3) is 0 Å². The first-order valence-corrected chi connectivity index (χ1v) is 11.9. The Bertz CT molecular complexity index is 977. The third kappa shape index (κ3) is 4.74. The maximum Gasteiger partial charge on any atom is 0.173 e. The van der Waals surface area contributed by atoms with Crippen molar-refractivity contribution in [1.29, 1.82) is 0 Å². The first kappa shape index (κ1) is 21.2. The van der Waals surface area contributed by atoms with Crippen molar-refractivity contribution in [2.75, 3.05) is 13.2 Å². The molecule has 2 aliphatic rings. The number of tetrazole rings is 1. The molecule has 168 valence electrons. The Hall–Kier alpha value is -2.64. The van der Waals surface area contributed by atoms with Gasteiger partial charge in [0.2, 0.25) is 0 Å². The lowest BCUT2D eigenvalue weighted by molar-refractivity contribution is 0.0571. The molecule has 0 unspecified atom stereocenters. The Morgan fingerprint density at radius 2 is 1.94 bits per heavy atom. The van der Waals surface area contributed by atoms with Crippen LogP contribution in [0.2, 0.25) is 0 Å². The summed E-state index contributed by atoms with van der Waals surface area (Å²) in [7, 11) is 0. The van der Waals surface area contributed by atoms with E-state index in [9.17, 15) is 0 Å². The molecule has 3 heterocycles. The number of ether oxygens (including phenoxy) is 1. The number of aryl methyl sites for hydroxylation is 1. The van der Waals surface area contributed by atoms with E-state index < -0.39 is 0 Å². The highest BCUT2D eigenvalue weighted by Gasteiger charge is 2.33. The van der Waals surface area contributed by atoms with E-state index in [1.807, 2.05) is 18.5 Å². The van der Waals surface area contributed by atoms with Crippen molar-refractivity contribution in [2.24, 2.45) is 0 Å². The molecule has 0 radical (unpaired) electrons. The number of pyridine rings is 1. The molecule has 1 aliphatic carbocycles. The highest BCUT2D eigenvalue weighted by molar-refractivity contribution is 5.29. The second-order valence-corrected chi connectivity index (χ2v) is 9.16. The third-order valence-electron chi connectivity index (χ3n) is 6.76. The molecule has 0 N–H and O–H groups in total. The number of nitrogens with zero attached hydrogens (tertiary/aromatic N) is 6. The molecule has 5 rings (SSSR count). The minimum absolute atomic E-state index is 0.0457. The Labute approximate surface area is 189 Å². The van der Waals surface area contributed by atoms with Crippen LogP contribution in [0.4, 0.5) is 0 Å². The number of benzene rings is 1. The standard InChI is InChI=1S/C25H32N6O/c1-19-10-12-21(13-11-19)24(25-27-28-29-31(25)22-7-2-3-8-22)30(18-23-9-5-15-32-23)17-20-6-4-14-26-16-20/h4,6,10-14,16,22-24H,2-3,5,7-9,15,17-18H2,1H3/t23-,24+/m1/s1. The summed E-state index contributed by atoms with van der Waals surface area (Å²) in [6.45, 7) is 4.58. The van der Waals surface area contributed by atoms with E-state index in [-0.39, 0.29) is 12.1 Å². The average Bonchev–Trinajstić information content (AvgIpc) is 3.59. The molecule has 1 aromatic carbocycles. The van der Waals surface area contributed by atoms with E-state index in [2.05, 4.69) is 67.3 Å². The number of rotatable bonds is 8. The Balaban J connectivity index is 1.55. The second-order valence-electron chi connectivity index (χ2n) is 9.16. The summed E-state index contributed by atoms with van der Waals surface area (Å²) in [6, 6.07) is 13.3. The summed E-state index contributed by atoms with van der Waals surface area (Å²) >= 11 is 0. The van der Waals surface area contributed by atoms with E-state index in [1.165, 1.54) is 29.5 Å². The van der Waals surface area contributed by atoms with Crippen LogP contribution in [0.1, 0.15) is 73.1 Å². The number of hydrogen-bond donors (Lipinski definition) is 0. The lowest BCUT2D eigenvalue weighted by Gasteiger charge is -2.33. The highest BCUT2D eigenvalue weighted by atomic mass is 16.5. The molecule has 2 fully saturated rings. The average molecular weight is 433 g/mol. The fourth-order valence-corrected chi connectivity index (χ4v) is 5.10. The van der Waals surface area contributed by atoms with E-state index in [4.69, 9.17) is 4.74 Å². The van der Waals surface area contributed by atoms with E-state index in [0.717, 1.165) is 51.2 Å². The topological polar surface area (TPSA) is 69.0 Å². The molecule has 32 heavy (non-hydrogen) atoms. The molecule has 1 saturated heterocycles. The van der Waals surface area contributed by atoms with Gasteiger partial charge in [0.15, 0.2) is 5.82 Å². The molecular weight excluding hydrogens is 400 g/mol. The molecule has 2 aromatic heterocycles. The highest BCUT2D eigenvalue weighted by Crippen LogP contribution is 2.35. The van der Waals surface area contributed by atoms with Gasteiger partial charge in [-0.3, -0.25) is 9.88 Å². The summed E-state index contributed by atoms with van der Waals surface area (Å²) in [5, 5.41) is 13.2. The summed E-state index contributed by atoms with van der Waals surface area (Å²) in [5.74, 6) is 0.933. The quantitative estimate of drug-likeness (QED) is 0.530. The molecule has 7 nitrogen and oxygen atoms in total. The largest absolute Gasteiger partial charge is 0.377 e. The summed E-state index contributed by atoms with van der Waals surface area (Å²) < 4.78 is 8.16. The lowest BCUT2D eigenvalue weighted by Crippen LogP contribution is -2.37. The van der Waals surface area contributed by atoms with Gasteiger partial charge in [-0.1, -0.05) is 48.7 Å². The fraction of sp³-hybridized carbons (Fsp3) is 0.520. The molecule has 0 amide bonds. The SMILES string of the molecule is Cc1ccc([C@@H](c2nnnn2C2CCCC2)N(Cc2cccnc2)C[C@H]2CCCO2)cc1. The van der Waals surface area contributed by atoms with Crippen LogP contribution in [0.5, 0.6) is 0 Å². The van der Waals surface area contributed by atoms with E-state index in [1.54, 1.807) is 0 Å². The molecule has 2 atom stereocenters. The van der Waals surface area contributed by atoms with E-state index >= 15 is 0 Å². The van der Waals surface area contributed by atoms with Gasteiger partial charge >= 0.3 is 0 Å². The molecule has 3 aromatic rings. The van der Waals surface area contributed by atoms with Gasteiger partial charge in [-0.15, -0.1) is 5.10 Å². The Morgan fingerprint density at radius 1 is 1.09 bits per heavy atom. The fourth-order valence-electron chi connectivity index (χ4n) is 5.10. The van der Waals surface area contributed by atoms with Crippen LogP contribution in [0.3, 0.4) is 0 Å². The predicted octanol–water partition coefficient (Wildman–Crippen LogP) is 4.26. The molecule has 1 aliphatic heterocycles. The van der Waals surface area contributed by atoms with Gasteiger partial charge in [0, 0.05) is 32.1 Å². The van der Waals surface area contributed by atoms with Gasteiger partial charge in [-0.25, -0.2) is 4.68 Å². The van der Waals surface area contributed by atoms with Crippen molar-refractivity contribution in [3.8, 4) is 0 Å². The zero-order valence-electron chi connectivity index (χ0n) is 18.8. The maximum absolute atomic E-state index is 6.06. The van der Waals surface area contributed by atoms with Crippen molar-refractivity contribution < 1.29 is 4.74 Å². The smallest absolute Gasteiger partial charge is 0.173 e. The lowest BCUT2D eigenvalue weighted by atomic mass is 10.0. The van der Waals surface area contributed by atoms with Gasteiger partial charge in [-0.05, 0) is 60.2 Å². The molecule has 7 heteroatoms. The molecular formula is C25H32N6O. The van der Waals surface area contributed by atoms with Gasteiger partial charge in [0.1, 0.15) is 0 Å². The zero-order valence-corrected chi connectivity index (χ0v) is 18.8. The van der Waals surface area contributed by atoms with Crippen molar-refractivity contribution in [3.05, 3.63) is 71.3 Å². The number of hydrogen-bond acceptors (Lipinski definition) is 6. The third-order valence-corrected chi connectivity index (χ3v) is 6.76. The molecule has 0 spiro atoms. The second kappa shape index (κ2) is 9.88. The van der Waals surface area contributed by atoms with Gasteiger partial charge in [-0.2, -0.15) is 0 Å². The van der Waals surface area contributed by atoms with Crippen LogP contribution in [-0.4, -0.2) is 49.3 Å². The summed E-state index contributed by atoms with van der Waals surface area (Å²) in [6.07, 6.45) is 11.0. The van der Waals surface area contributed by atoms with Crippen LogP contribution in [-0.2, 0) is 11.3 Å². The van der Waals surface area contributed by atoms with E-state index in [0.29, 0.717) is 6.04 Å². The minimum atomic E-state index is -0.0457. The Morgan fingerprint density at radius 3 is 2.66 bits per heavy atom. The van der Waals surface area contributed by atoms with Crippen LogP contribution in [0.15, 0.2) is 48.8 Å². The van der Waals surface area contributed by atoms with Gasteiger partial charge in [0.05, 0.1) is 18.2 Å². The van der Waals surface area contributed by atoms with Crippen LogP contribution in [0.25, 0.3) is 0 Å². The molecule has 1 saturated carbocycles. The normalized spacial score (nSPS) is 20.2. The summed E-state index contributed by atoms with van der Waals surface area (Å²) in [4.78, 5) is 6.83. The monoisotopic (exact) mass is 432 g/mol. The van der Waals surface area contributed by atoms with Gasteiger partial charge < -0.3 is 4.74 Å². The zero-order chi connectivity index (χ0) is 21.8. The predicted molar refractivity (Wildman–Crippen MR) is 122 cm³/mol. The number of aromatic nitrogens is 5. The minimum Gasteiger partial charge on any atom is -0.377 e. The Kier molecular flexibility index (Phi) is 6.55. The maximum atomic E-state index is 6.06. The first-order valence-electron chi connectivity index (χ1n) is 11.9. The summed E-state index contributed by atoms with van der Waals surface area (Å²) in [5.41, 5.74) is 3.65. The van der Waals surface area contributed by atoms with Crippen LogP contribution >= 0.6 is 0 Å². The van der Waals surface area contributed by atoms with Crippen molar-refractivity contribution in [3.63, 3.8) is 0 Å². The van der Waals surface area contributed by atoms with Crippen LogP contribution < -0.4 is 0 Å². The van der Waals surface area contributed by atoms with Crippen molar-refractivity contribution in [2.45, 2.75) is 70.2 Å². The van der Waals surface area contributed by atoms with Crippen molar-refractivity contribution in [1.82, 2.24) is 30.1 Å².